The number of ether oxygens (including phenoxy) is 1. The summed E-state index contributed by atoms with van der Waals surface area (Å²) in [6.07, 6.45) is 9.99. The van der Waals surface area contributed by atoms with Crippen LogP contribution in [0.15, 0.2) is 36.7 Å². The van der Waals surface area contributed by atoms with Gasteiger partial charge in [0.25, 0.3) is 0 Å². The van der Waals surface area contributed by atoms with Crippen LogP contribution in [0, 0.1) is 0 Å². The van der Waals surface area contributed by atoms with Crippen LogP contribution in [0.25, 0.3) is 0 Å². The first kappa shape index (κ1) is 12.1. The molecule has 1 N–H and O–H groups in total. The molecule has 1 fully saturated rings. The van der Waals surface area contributed by atoms with E-state index in [0.29, 0.717) is 11.8 Å². The summed E-state index contributed by atoms with van der Waals surface area (Å²) in [4.78, 5) is 0. The summed E-state index contributed by atoms with van der Waals surface area (Å²) in [5, 5.41) is 13.8. The lowest BCUT2D eigenvalue weighted by Gasteiger charge is -2.21. The first-order valence-corrected chi connectivity index (χ1v) is 6.82. The molecule has 0 atom stereocenters. The second kappa shape index (κ2) is 5.34. The van der Waals surface area contributed by atoms with Crippen LogP contribution in [0.1, 0.15) is 38.1 Å². The van der Waals surface area contributed by atoms with Crippen molar-refractivity contribution in [3.8, 4) is 17.2 Å². The van der Waals surface area contributed by atoms with E-state index in [1.54, 1.807) is 24.4 Å². The SMILES string of the molecule is Oc1cccc(Oc2cnn(C3CCCCC3)c2)c1. The van der Waals surface area contributed by atoms with Crippen LogP contribution in [0.5, 0.6) is 17.2 Å². The highest BCUT2D eigenvalue weighted by atomic mass is 16.5. The van der Waals surface area contributed by atoms with Gasteiger partial charge in [0.15, 0.2) is 5.75 Å². The molecule has 0 amide bonds. The van der Waals surface area contributed by atoms with E-state index in [-0.39, 0.29) is 5.75 Å². The van der Waals surface area contributed by atoms with E-state index in [9.17, 15) is 5.11 Å². The molecule has 0 radical (unpaired) electrons. The Bertz CT molecular complexity index is 545. The second-order valence-electron chi connectivity index (χ2n) is 5.05. The van der Waals surface area contributed by atoms with Crippen molar-refractivity contribution in [2.45, 2.75) is 38.1 Å². The average Bonchev–Trinajstić information content (AvgIpc) is 2.88. The van der Waals surface area contributed by atoms with E-state index in [1.807, 2.05) is 16.9 Å². The maximum absolute atomic E-state index is 9.40. The number of aromatic nitrogens is 2. The topological polar surface area (TPSA) is 47.3 Å². The van der Waals surface area contributed by atoms with E-state index in [1.165, 1.54) is 32.1 Å². The number of hydrogen-bond donors (Lipinski definition) is 1. The zero-order valence-corrected chi connectivity index (χ0v) is 10.8. The van der Waals surface area contributed by atoms with Crippen molar-refractivity contribution in [3.63, 3.8) is 0 Å². The molecule has 4 heteroatoms. The summed E-state index contributed by atoms with van der Waals surface area (Å²) in [6, 6.07) is 7.31. The molecule has 0 aliphatic heterocycles. The summed E-state index contributed by atoms with van der Waals surface area (Å²) in [5.74, 6) is 1.55. The number of phenolic OH excluding ortho intramolecular Hbond substituents is 1. The highest BCUT2D eigenvalue weighted by molar-refractivity contribution is 5.34. The summed E-state index contributed by atoms with van der Waals surface area (Å²) in [6.45, 7) is 0. The van der Waals surface area contributed by atoms with Crippen molar-refractivity contribution >= 4 is 0 Å². The summed E-state index contributed by atoms with van der Waals surface area (Å²) < 4.78 is 7.70. The Morgan fingerprint density at radius 2 is 2.00 bits per heavy atom. The minimum atomic E-state index is 0.206. The highest BCUT2D eigenvalue weighted by Crippen LogP contribution is 2.30. The third-order valence-electron chi connectivity index (χ3n) is 3.58. The molecule has 1 aliphatic rings. The Morgan fingerprint density at radius 3 is 2.79 bits per heavy atom. The zero-order chi connectivity index (χ0) is 13.1. The van der Waals surface area contributed by atoms with Gasteiger partial charge in [-0.05, 0) is 25.0 Å². The van der Waals surface area contributed by atoms with Crippen molar-refractivity contribution in [2.24, 2.45) is 0 Å². The molecular formula is C15H18N2O2. The molecule has 0 spiro atoms. The summed E-state index contributed by atoms with van der Waals surface area (Å²) in [5.41, 5.74) is 0. The van der Waals surface area contributed by atoms with Crippen LogP contribution in [0.4, 0.5) is 0 Å². The van der Waals surface area contributed by atoms with Gasteiger partial charge < -0.3 is 9.84 Å². The van der Waals surface area contributed by atoms with Crippen molar-refractivity contribution in [1.29, 1.82) is 0 Å². The lowest BCUT2D eigenvalue weighted by atomic mass is 9.96. The van der Waals surface area contributed by atoms with Crippen molar-refractivity contribution in [1.82, 2.24) is 9.78 Å². The lowest BCUT2D eigenvalue weighted by molar-refractivity contribution is 0.328. The number of nitrogens with zero attached hydrogens (tertiary/aromatic N) is 2. The minimum Gasteiger partial charge on any atom is -0.508 e. The van der Waals surface area contributed by atoms with Gasteiger partial charge in [-0.15, -0.1) is 0 Å². The first-order valence-electron chi connectivity index (χ1n) is 6.82. The van der Waals surface area contributed by atoms with Gasteiger partial charge in [0, 0.05) is 6.07 Å². The van der Waals surface area contributed by atoms with Gasteiger partial charge >= 0.3 is 0 Å². The second-order valence-corrected chi connectivity index (χ2v) is 5.05. The molecule has 1 aliphatic carbocycles. The van der Waals surface area contributed by atoms with Crippen LogP contribution in [-0.4, -0.2) is 14.9 Å². The largest absolute Gasteiger partial charge is 0.508 e. The summed E-state index contributed by atoms with van der Waals surface area (Å²) in [7, 11) is 0. The number of aromatic hydroxyl groups is 1. The Hall–Kier alpha value is -1.97. The zero-order valence-electron chi connectivity index (χ0n) is 10.8. The molecule has 0 saturated heterocycles. The van der Waals surface area contributed by atoms with Crippen LogP contribution >= 0.6 is 0 Å². The predicted octanol–water partition coefficient (Wildman–Crippen LogP) is 3.89. The van der Waals surface area contributed by atoms with Gasteiger partial charge in [-0.1, -0.05) is 25.3 Å². The molecule has 1 aromatic heterocycles. The average molecular weight is 258 g/mol. The maximum atomic E-state index is 9.40. The molecule has 1 aromatic carbocycles. The Balaban J connectivity index is 1.70. The molecule has 1 saturated carbocycles. The highest BCUT2D eigenvalue weighted by Gasteiger charge is 2.16. The van der Waals surface area contributed by atoms with Crippen molar-refractivity contribution in [2.75, 3.05) is 0 Å². The van der Waals surface area contributed by atoms with Gasteiger partial charge in [0.05, 0.1) is 18.4 Å². The molecule has 3 rings (SSSR count). The fraction of sp³-hybridized carbons (Fsp3) is 0.400. The molecule has 100 valence electrons. The molecule has 0 bridgehead atoms. The van der Waals surface area contributed by atoms with Crippen molar-refractivity contribution < 1.29 is 9.84 Å². The third kappa shape index (κ3) is 2.89. The smallest absolute Gasteiger partial charge is 0.165 e. The van der Waals surface area contributed by atoms with Crippen molar-refractivity contribution in [3.05, 3.63) is 36.7 Å². The molecule has 2 aromatic rings. The predicted molar refractivity (Wildman–Crippen MR) is 72.5 cm³/mol. The quantitative estimate of drug-likeness (QED) is 0.908. The normalized spacial score (nSPS) is 16.4. The van der Waals surface area contributed by atoms with Crippen LogP contribution in [0.2, 0.25) is 0 Å². The van der Waals surface area contributed by atoms with Gasteiger partial charge in [-0.3, -0.25) is 4.68 Å². The van der Waals surface area contributed by atoms with Crippen LogP contribution < -0.4 is 4.74 Å². The first-order chi connectivity index (χ1) is 9.31. The van der Waals surface area contributed by atoms with Gasteiger partial charge in [-0.2, -0.15) is 5.10 Å². The fourth-order valence-electron chi connectivity index (χ4n) is 2.60. The molecule has 19 heavy (non-hydrogen) atoms. The Morgan fingerprint density at radius 1 is 1.16 bits per heavy atom. The molecule has 1 heterocycles. The summed E-state index contributed by atoms with van der Waals surface area (Å²) >= 11 is 0. The van der Waals surface area contributed by atoms with E-state index in [0.717, 1.165) is 5.75 Å². The number of rotatable bonds is 3. The third-order valence-corrected chi connectivity index (χ3v) is 3.58. The maximum Gasteiger partial charge on any atom is 0.165 e. The van der Waals surface area contributed by atoms with Gasteiger partial charge in [0.2, 0.25) is 0 Å². The molecular weight excluding hydrogens is 240 g/mol. The van der Waals surface area contributed by atoms with Crippen LogP contribution in [0.3, 0.4) is 0 Å². The Labute approximate surface area is 112 Å². The van der Waals surface area contributed by atoms with E-state index in [2.05, 4.69) is 5.10 Å². The van der Waals surface area contributed by atoms with Gasteiger partial charge in [0.1, 0.15) is 11.5 Å². The van der Waals surface area contributed by atoms with E-state index in [4.69, 9.17) is 4.74 Å². The van der Waals surface area contributed by atoms with Gasteiger partial charge in [-0.25, -0.2) is 0 Å². The number of phenols is 1. The molecule has 0 unspecified atom stereocenters. The lowest BCUT2D eigenvalue weighted by Crippen LogP contribution is -2.12. The van der Waals surface area contributed by atoms with E-state index < -0.39 is 0 Å². The number of hydrogen-bond acceptors (Lipinski definition) is 3. The van der Waals surface area contributed by atoms with E-state index >= 15 is 0 Å². The Kier molecular flexibility index (Phi) is 3.40. The minimum absolute atomic E-state index is 0.206. The number of benzene rings is 1. The van der Waals surface area contributed by atoms with Crippen LogP contribution in [-0.2, 0) is 0 Å². The monoisotopic (exact) mass is 258 g/mol. The fourth-order valence-corrected chi connectivity index (χ4v) is 2.60. The molecule has 4 nitrogen and oxygen atoms in total. The standard InChI is InChI=1S/C15H18N2O2/c18-13-7-4-8-14(9-13)19-15-10-16-17(11-15)12-5-2-1-3-6-12/h4,7-12,18H,1-3,5-6H2.